The average molecular weight is 222 g/mol. The van der Waals surface area contributed by atoms with Crippen molar-refractivity contribution in [1.82, 2.24) is 9.88 Å². The Morgan fingerprint density at radius 3 is 2.81 bits per heavy atom. The number of hydrogen-bond donors (Lipinski definition) is 2. The van der Waals surface area contributed by atoms with E-state index in [4.69, 9.17) is 0 Å². The van der Waals surface area contributed by atoms with Gasteiger partial charge in [-0.2, -0.15) is 0 Å². The zero-order chi connectivity index (χ0) is 11.6. The van der Waals surface area contributed by atoms with E-state index in [1.807, 2.05) is 25.4 Å². The van der Waals surface area contributed by atoms with Gasteiger partial charge in [0.15, 0.2) is 0 Å². The molecular weight excluding hydrogens is 204 g/mol. The fraction of sp³-hybridized carbons (Fsp3) is 0.583. The van der Waals surface area contributed by atoms with Crippen LogP contribution in [0, 0.1) is 5.41 Å². The van der Waals surface area contributed by atoms with E-state index in [0.717, 1.165) is 31.5 Å². The van der Waals surface area contributed by atoms with Gasteiger partial charge in [0, 0.05) is 25.0 Å². The number of H-pyrrole nitrogens is 1. The first kappa shape index (κ1) is 11.2. The first-order valence-corrected chi connectivity index (χ1v) is 5.67. The molecule has 1 fully saturated rings. The lowest BCUT2D eigenvalue weighted by molar-refractivity contribution is -0.156. The third-order valence-corrected chi connectivity index (χ3v) is 3.44. The molecule has 2 N–H and O–H groups in total. The highest BCUT2D eigenvalue weighted by molar-refractivity contribution is 5.76. The minimum absolute atomic E-state index is 0.485. The Bertz CT molecular complexity index is 355. The third-order valence-electron chi connectivity index (χ3n) is 3.44. The molecule has 0 atom stereocenters. The second kappa shape index (κ2) is 4.29. The van der Waals surface area contributed by atoms with Gasteiger partial charge < -0.3 is 10.1 Å². The van der Waals surface area contributed by atoms with Crippen molar-refractivity contribution >= 4 is 5.97 Å². The molecule has 0 aromatic carbocycles. The Morgan fingerprint density at radius 2 is 2.38 bits per heavy atom. The van der Waals surface area contributed by atoms with Crippen LogP contribution < -0.4 is 0 Å². The zero-order valence-electron chi connectivity index (χ0n) is 9.57. The summed E-state index contributed by atoms with van der Waals surface area (Å²) in [5.74, 6) is -0.642. The van der Waals surface area contributed by atoms with E-state index >= 15 is 0 Å². The highest BCUT2D eigenvalue weighted by Gasteiger charge is 2.44. The van der Waals surface area contributed by atoms with E-state index in [1.54, 1.807) is 0 Å². The van der Waals surface area contributed by atoms with Gasteiger partial charge in [0.1, 0.15) is 0 Å². The number of carboxylic acid groups (broad SMARTS) is 1. The molecule has 4 nitrogen and oxygen atoms in total. The number of carboxylic acids is 1. The normalized spacial score (nSPS) is 18.4. The summed E-state index contributed by atoms with van der Waals surface area (Å²) in [6, 6.07) is 3.98. The Labute approximate surface area is 95.3 Å². The molecule has 88 valence electrons. The number of aromatic amines is 1. The smallest absolute Gasteiger partial charge is 0.310 e. The molecule has 0 saturated heterocycles. The Balaban J connectivity index is 1.91. The Hall–Kier alpha value is -1.29. The molecule has 4 heteroatoms. The van der Waals surface area contributed by atoms with Crippen LogP contribution in [0.4, 0.5) is 0 Å². The van der Waals surface area contributed by atoms with Crippen molar-refractivity contribution in [3.8, 4) is 0 Å². The largest absolute Gasteiger partial charge is 0.481 e. The van der Waals surface area contributed by atoms with Crippen LogP contribution >= 0.6 is 0 Å². The number of aromatic nitrogens is 1. The highest BCUT2D eigenvalue weighted by atomic mass is 16.4. The molecule has 0 radical (unpaired) electrons. The molecule has 0 bridgehead atoms. The molecule has 16 heavy (non-hydrogen) atoms. The second-order valence-corrected chi connectivity index (χ2v) is 4.81. The van der Waals surface area contributed by atoms with E-state index in [2.05, 4.69) is 9.88 Å². The molecule has 0 spiro atoms. The maximum absolute atomic E-state index is 11.2. The lowest BCUT2D eigenvalue weighted by atomic mass is 9.68. The van der Waals surface area contributed by atoms with Gasteiger partial charge in [0.2, 0.25) is 0 Å². The van der Waals surface area contributed by atoms with E-state index in [9.17, 15) is 9.90 Å². The van der Waals surface area contributed by atoms with Gasteiger partial charge in [0.05, 0.1) is 5.41 Å². The molecule has 1 heterocycles. The first-order chi connectivity index (χ1) is 7.62. The van der Waals surface area contributed by atoms with Crippen molar-refractivity contribution in [3.63, 3.8) is 0 Å². The maximum Gasteiger partial charge on any atom is 0.310 e. The van der Waals surface area contributed by atoms with Gasteiger partial charge in [-0.15, -0.1) is 0 Å². The van der Waals surface area contributed by atoms with Gasteiger partial charge in [-0.25, -0.2) is 0 Å². The van der Waals surface area contributed by atoms with Crippen LogP contribution in [-0.4, -0.2) is 34.6 Å². The third kappa shape index (κ3) is 2.11. The van der Waals surface area contributed by atoms with E-state index in [-0.39, 0.29) is 0 Å². The monoisotopic (exact) mass is 222 g/mol. The van der Waals surface area contributed by atoms with Crippen molar-refractivity contribution in [2.75, 3.05) is 13.6 Å². The van der Waals surface area contributed by atoms with Gasteiger partial charge in [-0.05, 0) is 32.0 Å². The molecule has 0 unspecified atom stereocenters. The fourth-order valence-electron chi connectivity index (χ4n) is 2.37. The second-order valence-electron chi connectivity index (χ2n) is 4.81. The summed E-state index contributed by atoms with van der Waals surface area (Å²) in [5.41, 5.74) is 0.642. The molecule has 0 aliphatic heterocycles. The summed E-state index contributed by atoms with van der Waals surface area (Å²) >= 11 is 0. The number of aliphatic carboxylic acids is 1. The molecule has 1 aromatic heterocycles. The summed E-state index contributed by atoms with van der Waals surface area (Å²) in [5, 5.41) is 9.22. The minimum Gasteiger partial charge on any atom is -0.481 e. The van der Waals surface area contributed by atoms with Crippen LogP contribution in [-0.2, 0) is 11.3 Å². The number of nitrogens with zero attached hydrogens (tertiary/aromatic N) is 1. The number of nitrogens with one attached hydrogen (secondary N) is 1. The molecule has 1 aliphatic rings. The summed E-state index contributed by atoms with van der Waals surface area (Å²) in [6.45, 7) is 1.42. The Morgan fingerprint density at radius 1 is 1.62 bits per heavy atom. The summed E-state index contributed by atoms with van der Waals surface area (Å²) in [6.07, 6.45) is 4.57. The van der Waals surface area contributed by atoms with Crippen LogP contribution in [0.3, 0.4) is 0 Å². The van der Waals surface area contributed by atoms with E-state index in [1.165, 1.54) is 0 Å². The highest BCUT2D eigenvalue weighted by Crippen LogP contribution is 2.41. The van der Waals surface area contributed by atoms with Crippen LogP contribution in [0.25, 0.3) is 0 Å². The predicted molar refractivity (Wildman–Crippen MR) is 61.0 cm³/mol. The fourth-order valence-corrected chi connectivity index (χ4v) is 2.37. The van der Waals surface area contributed by atoms with Crippen molar-refractivity contribution in [3.05, 3.63) is 24.0 Å². The van der Waals surface area contributed by atoms with Gasteiger partial charge >= 0.3 is 5.97 Å². The van der Waals surface area contributed by atoms with Gasteiger partial charge in [-0.3, -0.25) is 9.69 Å². The van der Waals surface area contributed by atoms with Crippen molar-refractivity contribution in [1.29, 1.82) is 0 Å². The lowest BCUT2D eigenvalue weighted by Crippen LogP contribution is -2.46. The summed E-state index contributed by atoms with van der Waals surface area (Å²) in [4.78, 5) is 16.4. The van der Waals surface area contributed by atoms with E-state index < -0.39 is 11.4 Å². The first-order valence-electron chi connectivity index (χ1n) is 5.67. The van der Waals surface area contributed by atoms with Crippen LogP contribution in [0.1, 0.15) is 25.0 Å². The van der Waals surface area contributed by atoms with Gasteiger partial charge in [-0.1, -0.05) is 6.42 Å². The molecule has 1 saturated carbocycles. The molecule has 0 amide bonds. The number of rotatable bonds is 5. The minimum atomic E-state index is -0.642. The number of carbonyl (C=O) groups is 1. The molecular formula is C12H18N2O2. The molecule has 1 aliphatic carbocycles. The van der Waals surface area contributed by atoms with Crippen LogP contribution in [0.15, 0.2) is 18.3 Å². The van der Waals surface area contributed by atoms with Crippen molar-refractivity contribution < 1.29 is 9.90 Å². The molecule has 1 aromatic rings. The summed E-state index contributed by atoms with van der Waals surface area (Å²) < 4.78 is 0. The quantitative estimate of drug-likeness (QED) is 0.797. The summed E-state index contributed by atoms with van der Waals surface area (Å²) in [7, 11) is 1.98. The van der Waals surface area contributed by atoms with Crippen molar-refractivity contribution in [2.45, 2.75) is 25.8 Å². The standard InChI is InChI=1S/C12H18N2O2/c1-14(8-10-4-2-7-13-10)9-12(11(15)16)5-3-6-12/h2,4,7,13H,3,5-6,8-9H2,1H3,(H,15,16). The van der Waals surface area contributed by atoms with Crippen molar-refractivity contribution in [2.24, 2.45) is 5.41 Å². The predicted octanol–water partition coefficient (Wildman–Crippen LogP) is 1.70. The van der Waals surface area contributed by atoms with Crippen LogP contribution in [0.5, 0.6) is 0 Å². The maximum atomic E-state index is 11.2. The van der Waals surface area contributed by atoms with Crippen LogP contribution in [0.2, 0.25) is 0 Å². The number of hydrogen-bond acceptors (Lipinski definition) is 2. The Kier molecular flexibility index (Phi) is 3.01. The SMILES string of the molecule is CN(Cc1ccc[nH]1)CC1(C(=O)O)CCC1. The zero-order valence-corrected chi connectivity index (χ0v) is 9.57. The average Bonchev–Trinajstić information content (AvgIpc) is 2.63. The van der Waals surface area contributed by atoms with Gasteiger partial charge in [0.25, 0.3) is 0 Å². The lowest BCUT2D eigenvalue weighted by Gasteiger charge is -2.40. The topological polar surface area (TPSA) is 56.3 Å². The van der Waals surface area contributed by atoms with E-state index in [0.29, 0.717) is 6.54 Å². The molecule has 2 rings (SSSR count).